The number of anilines is 2. The van der Waals surface area contributed by atoms with Crippen molar-refractivity contribution >= 4 is 11.5 Å². The van der Waals surface area contributed by atoms with E-state index in [0.717, 1.165) is 18.9 Å². The molecule has 100 valence electrons. The zero-order chi connectivity index (χ0) is 13.7. The first-order valence-corrected chi connectivity index (χ1v) is 6.65. The van der Waals surface area contributed by atoms with E-state index in [2.05, 4.69) is 72.5 Å². The highest BCUT2D eigenvalue weighted by molar-refractivity contribution is 5.48. The fourth-order valence-electron chi connectivity index (χ4n) is 2.01. The third-order valence-electron chi connectivity index (χ3n) is 3.08. The van der Waals surface area contributed by atoms with Gasteiger partial charge >= 0.3 is 0 Å². The number of benzene rings is 1. The molecule has 0 saturated carbocycles. The van der Waals surface area contributed by atoms with Gasteiger partial charge in [0.15, 0.2) is 0 Å². The third kappa shape index (κ3) is 3.71. The molecule has 2 aromatic rings. The third-order valence-corrected chi connectivity index (χ3v) is 3.08. The van der Waals surface area contributed by atoms with Gasteiger partial charge in [-0.3, -0.25) is 0 Å². The summed E-state index contributed by atoms with van der Waals surface area (Å²) in [5.74, 6) is 0.942. The molecule has 0 amide bonds. The SMILES string of the molecule is CCNc1cc(CN(C)c2ccc(C)cc2)ccn1. The van der Waals surface area contributed by atoms with Gasteiger partial charge in [-0.05, 0) is 43.7 Å². The summed E-state index contributed by atoms with van der Waals surface area (Å²) < 4.78 is 0. The van der Waals surface area contributed by atoms with Crippen molar-refractivity contribution in [3.8, 4) is 0 Å². The van der Waals surface area contributed by atoms with Crippen LogP contribution in [0.15, 0.2) is 42.6 Å². The molecule has 1 heterocycles. The molecule has 0 spiro atoms. The van der Waals surface area contributed by atoms with Crippen LogP contribution in [0.3, 0.4) is 0 Å². The van der Waals surface area contributed by atoms with Crippen molar-refractivity contribution in [1.29, 1.82) is 0 Å². The monoisotopic (exact) mass is 255 g/mol. The number of hydrogen-bond donors (Lipinski definition) is 1. The second-order valence-corrected chi connectivity index (χ2v) is 4.77. The first-order chi connectivity index (χ1) is 9.19. The summed E-state index contributed by atoms with van der Waals surface area (Å²) in [7, 11) is 2.11. The molecule has 3 nitrogen and oxygen atoms in total. The second-order valence-electron chi connectivity index (χ2n) is 4.77. The van der Waals surface area contributed by atoms with Crippen LogP contribution >= 0.6 is 0 Å². The van der Waals surface area contributed by atoms with Crippen LogP contribution in [0.2, 0.25) is 0 Å². The van der Waals surface area contributed by atoms with Gasteiger partial charge in [-0.1, -0.05) is 17.7 Å². The van der Waals surface area contributed by atoms with E-state index in [-0.39, 0.29) is 0 Å². The topological polar surface area (TPSA) is 28.2 Å². The molecule has 0 atom stereocenters. The largest absolute Gasteiger partial charge is 0.370 e. The Bertz CT molecular complexity index is 520. The molecular formula is C16H21N3. The maximum atomic E-state index is 4.29. The Hall–Kier alpha value is -2.03. The van der Waals surface area contributed by atoms with Crippen LogP contribution in [0.25, 0.3) is 0 Å². The lowest BCUT2D eigenvalue weighted by atomic mass is 10.2. The number of pyridine rings is 1. The Morgan fingerprint density at radius 1 is 1.16 bits per heavy atom. The molecule has 0 aliphatic heterocycles. The average Bonchev–Trinajstić information content (AvgIpc) is 2.40. The van der Waals surface area contributed by atoms with Gasteiger partial charge < -0.3 is 10.2 Å². The minimum atomic E-state index is 0.879. The maximum Gasteiger partial charge on any atom is 0.126 e. The van der Waals surface area contributed by atoms with E-state index < -0.39 is 0 Å². The van der Waals surface area contributed by atoms with Crippen molar-refractivity contribution in [3.05, 3.63) is 53.7 Å². The average molecular weight is 255 g/mol. The number of nitrogens with one attached hydrogen (secondary N) is 1. The van der Waals surface area contributed by atoms with Crippen molar-refractivity contribution in [2.75, 3.05) is 23.8 Å². The van der Waals surface area contributed by atoms with Crippen LogP contribution in [-0.2, 0) is 6.54 Å². The van der Waals surface area contributed by atoms with E-state index >= 15 is 0 Å². The Morgan fingerprint density at radius 2 is 1.89 bits per heavy atom. The van der Waals surface area contributed by atoms with E-state index in [4.69, 9.17) is 0 Å². The highest BCUT2D eigenvalue weighted by Crippen LogP contribution is 2.17. The van der Waals surface area contributed by atoms with Crippen molar-refractivity contribution in [1.82, 2.24) is 4.98 Å². The lowest BCUT2D eigenvalue weighted by molar-refractivity contribution is 0.919. The Morgan fingerprint density at radius 3 is 2.58 bits per heavy atom. The summed E-state index contributed by atoms with van der Waals surface area (Å²) in [6.07, 6.45) is 1.86. The van der Waals surface area contributed by atoms with Crippen LogP contribution in [0.5, 0.6) is 0 Å². The van der Waals surface area contributed by atoms with Crippen LogP contribution < -0.4 is 10.2 Å². The number of nitrogens with zero attached hydrogens (tertiary/aromatic N) is 2. The standard InChI is InChI=1S/C16H21N3/c1-4-17-16-11-14(9-10-18-16)12-19(3)15-7-5-13(2)6-8-15/h5-11H,4,12H2,1-3H3,(H,17,18). The van der Waals surface area contributed by atoms with Gasteiger partial charge in [0, 0.05) is 32.0 Å². The van der Waals surface area contributed by atoms with Gasteiger partial charge in [0.1, 0.15) is 5.82 Å². The van der Waals surface area contributed by atoms with Crippen LogP contribution in [-0.4, -0.2) is 18.6 Å². The summed E-state index contributed by atoms with van der Waals surface area (Å²) in [5.41, 5.74) is 3.77. The van der Waals surface area contributed by atoms with E-state index in [1.165, 1.54) is 16.8 Å². The van der Waals surface area contributed by atoms with E-state index in [1.54, 1.807) is 0 Å². The van der Waals surface area contributed by atoms with Gasteiger partial charge in [-0.25, -0.2) is 4.98 Å². The summed E-state index contributed by atoms with van der Waals surface area (Å²) in [5, 5.41) is 3.24. The first kappa shape index (κ1) is 13.4. The quantitative estimate of drug-likeness (QED) is 0.887. The van der Waals surface area contributed by atoms with Crippen molar-refractivity contribution in [3.63, 3.8) is 0 Å². The number of rotatable bonds is 5. The Kier molecular flexibility index (Phi) is 4.39. The van der Waals surface area contributed by atoms with Gasteiger partial charge in [0.25, 0.3) is 0 Å². The Balaban J connectivity index is 2.07. The summed E-state index contributed by atoms with van der Waals surface area (Å²) >= 11 is 0. The van der Waals surface area contributed by atoms with Crippen molar-refractivity contribution < 1.29 is 0 Å². The molecule has 0 bridgehead atoms. The maximum absolute atomic E-state index is 4.29. The predicted molar refractivity (Wildman–Crippen MR) is 81.7 cm³/mol. The molecule has 3 heteroatoms. The van der Waals surface area contributed by atoms with E-state index in [1.807, 2.05) is 6.20 Å². The molecule has 19 heavy (non-hydrogen) atoms. The normalized spacial score (nSPS) is 10.3. The fraction of sp³-hybridized carbons (Fsp3) is 0.312. The molecule has 0 radical (unpaired) electrons. The summed E-state index contributed by atoms with van der Waals surface area (Å²) in [6, 6.07) is 12.8. The summed E-state index contributed by atoms with van der Waals surface area (Å²) in [4.78, 5) is 6.53. The molecule has 1 aromatic carbocycles. The highest BCUT2D eigenvalue weighted by Gasteiger charge is 2.03. The molecular weight excluding hydrogens is 234 g/mol. The lowest BCUT2D eigenvalue weighted by Gasteiger charge is -2.20. The predicted octanol–water partition coefficient (Wildman–Crippen LogP) is 3.46. The first-order valence-electron chi connectivity index (χ1n) is 6.65. The summed E-state index contributed by atoms with van der Waals surface area (Å²) in [6.45, 7) is 5.95. The molecule has 0 unspecified atom stereocenters. The van der Waals surface area contributed by atoms with Gasteiger partial charge in [0.2, 0.25) is 0 Å². The minimum Gasteiger partial charge on any atom is -0.370 e. The molecule has 0 aliphatic carbocycles. The molecule has 0 fully saturated rings. The van der Waals surface area contributed by atoms with Gasteiger partial charge in [-0.15, -0.1) is 0 Å². The molecule has 0 saturated heterocycles. The van der Waals surface area contributed by atoms with Crippen LogP contribution in [0.1, 0.15) is 18.1 Å². The lowest BCUT2D eigenvalue weighted by Crippen LogP contribution is -2.16. The van der Waals surface area contributed by atoms with Crippen molar-refractivity contribution in [2.24, 2.45) is 0 Å². The number of aryl methyl sites for hydroxylation is 1. The Labute approximate surface area is 115 Å². The fourth-order valence-corrected chi connectivity index (χ4v) is 2.01. The number of aromatic nitrogens is 1. The smallest absolute Gasteiger partial charge is 0.126 e. The van der Waals surface area contributed by atoms with Gasteiger partial charge in [0.05, 0.1) is 0 Å². The molecule has 1 aromatic heterocycles. The highest BCUT2D eigenvalue weighted by atomic mass is 15.1. The van der Waals surface area contributed by atoms with Crippen LogP contribution in [0, 0.1) is 6.92 Å². The molecule has 0 aliphatic rings. The molecule has 2 rings (SSSR count). The molecule has 1 N–H and O–H groups in total. The minimum absolute atomic E-state index is 0.879. The van der Waals surface area contributed by atoms with E-state index in [0.29, 0.717) is 0 Å². The van der Waals surface area contributed by atoms with Crippen LogP contribution in [0.4, 0.5) is 11.5 Å². The number of hydrogen-bond acceptors (Lipinski definition) is 3. The van der Waals surface area contributed by atoms with E-state index in [9.17, 15) is 0 Å². The zero-order valence-electron chi connectivity index (χ0n) is 11.9. The van der Waals surface area contributed by atoms with Crippen molar-refractivity contribution in [2.45, 2.75) is 20.4 Å². The van der Waals surface area contributed by atoms with Gasteiger partial charge in [-0.2, -0.15) is 0 Å². The zero-order valence-corrected chi connectivity index (χ0v) is 11.9. The second kappa shape index (κ2) is 6.23.